The number of anilines is 1. The van der Waals surface area contributed by atoms with Gasteiger partial charge in [-0.25, -0.2) is 9.78 Å². The topological polar surface area (TPSA) is 70.5 Å². The molecule has 2 fully saturated rings. The van der Waals surface area contributed by atoms with E-state index in [1.165, 1.54) is 0 Å². The normalized spacial score (nSPS) is 18.3. The summed E-state index contributed by atoms with van der Waals surface area (Å²) in [5.74, 6) is 0.932. The van der Waals surface area contributed by atoms with E-state index in [1.54, 1.807) is 0 Å². The Labute approximate surface area is 194 Å². The number of nitrogens with one attached hydrogen (secondary N) is 1. The largest absolute Gasteiger partial charge is 0.339 e. The molecule has 0 saturated carbocycles. The summed E-state index contributed by atoms with van der Waals surface area (Å²) in [6.45, 7) is 7.08. The molecule has 0 spiro atoms. The van der Waals surface area contributed by atoms with E-state index in [1.807, 2.05) is 53.1 Å². The fourth-order valence-corrected chi connectivity index (χ4v) is 5.24. The molecule has 33 heavy (non-hydrogen) atoms. The molecular formula is C26H31N5O2. The van der Waals surface area contributed by atoms with Crippen molar-refractivity contribution in [1.82, 2.24) is 19.4 Å². The van der Waals surface area contributed by atoms with Crippen molar-refractivity contribution in [3.8, 4) is 0 Å². The first-order valence-corrected chi connectivity index (χ1v) is 12.0. The number of hydrogen-bond acceptors (Lipinski definition) is 3. The molecule has 2 aliphatic rings. The molecule has 7 nitrogen and oxygen atoms in total. The number of fused-ring (bicyclic) bond motifs is 1. The maximum atomic E-state index is 13.5. The minimum atomic E-state index is -0.169. The average molecular weight is 446 g/mol. The number of para-hydroxylation sites is 3. The van der Waals surface area contributed by atoms with Crippen molar-refractivity contribution in [3.05, 3.63) is 59.4 Å². The lowest BCUT2D eigenvalue weighted by Crippen LogP contribution is -2.36. The van der Waals surface area contributed by atoms with Crippen LogP contribution in [0.4, 0.5) is 10.5 Å². The zero-order valence-electron chi connectivity index (χ0n) is 19.4. The predicted octanol–water partition coefficient (Wildman–Crippen LogP) is 4.97. The quantitative estimate of drug-likeness (QED) is 0.616. The SMILES string of the molecule is CCn1c(C2CCCN2C(=O)Nc2c(C)cccc2C(=O)N2CCCC2)nc2ccccc21. The van der Waals surface area contributed by atoms with Gasteiger partial charge >= 0.3 is 6.03 Å². The van der Waals surface area contributed by atoms with Gasteiger partial charge < -0.3 is 19.7 Å². The minimum Gasteiger partial charge on any atom is -0.339 e. The Hall–Kier alpha value is -3.35. The number of rotatable bonds is 4. The first-order valence-electron chi connectivity index (χ1n) is 12.0. The van der Waals surface area contributed by atoms with E-state index < -0.39 is 0 Å². The van der Waals surface area contributed by atoms with Crippen molar-refractivity contribution in [2.75, 3.05) is 25.0 Å². The van der Waals surface area contributed by atoms with Gasteiger partial charge in [-0.1, -0.05) is 24.3 Å². The molecule has 1 unspecified atom stereocenters. The highest BCUT2D eigenvalue weighted by molar-refractivity contribution is 6.04. The van der Waals surface area contributed by atoms with Crippen LogP contribution in [-0.4, -0.2) is 50.9 Å². The van der Waals surface area contributed by atoms with Crippen molar-refractivity contribution in [2.45, 2.75) is 52.1 Å². The van der Waals surface area contributed by atoms with Crippen LogP contribution >= 0.6 is 0 Å². The van der Waals surface area contributed by atoms with Crippen LogP contribution in [0.5, 0.6) is 0 Å². The number of likely N-dealkylation sites (tertiary alicyclic amines) is 2. The second-order valence-corrected chi connectivity index (χ2v) is 8.98. The molecule has 0 aliphatic carbocycles. The Morgan fingerprint density at radius 1 is 1.03 bits per heavy atom. The third kappa shape index (κ3) is 3.86. The van der Waals surface area contributed by atoms with Crippen LogP contribution in [-0.2, 0) is 6.54 Å². The Bertz CT molecular complexity index is 1190. The number of imidazole rings is 1. The summed E-state index contributed by atoms with van der Waals surface area (Å²) in [5.41, 5.74) is 4.14. The zero-order valence-corrected chi connectivity index (χ0v) is 19.4. The molecule has 5 rings (SSSR count). The molecular weight excluding hydrogens is 414 g/mol. The lowest BCUT2D eigenvalue weighted by molar-refractivity contribution is 0.0793. The van der Waals surface area contributed by atoms with Gasteiger partial charge in [-0.2, -0.15) is 0 Å². The highest BCUT2D eigenvalue weighted by atomic mass is 16.2. The molecule has 172 valence electrons. The van der Waals surface area contributed by atoms with Gasteiger partial charge in [-0.05, 0) is 63.3 Å². The third-order valence-electron chi connectivity index (χ3n) is 6.94. The number of carbonyl (C=O) groups excluding carboxylic acids is 2. The van der Waals surface area contributed by atoms with Crippen LogP contribution in [0.25, 0.3) is 11.0 Å². The summed E-state index contributed by atoms with van der Waals surface area (Å²) >= 11 is 0. The van der Waals surface area contributed by atoms with Gasteiger partial charge in [0.05, 0.1) is 28.3 Å². The summed E-state index contributed by atoms with van der Waals surface area (Å²) in [7, 11) is 0. The summed E-state index contributed by atoms with van der Waals surface area (Å²) in [5, 5.41) is 3.10. The highest BCUT2D eigenvalue weighted by Gasteiger charge is 2.34. The van der Waals surface area contributed by atoms with Gasteiger partial charge in [0.2, 0.25) is 0 Å². The molecule has 2 aromatic carbocycles. The number of nitrogens with zero attached hydrogens (tertiary/aromatic N) is 4. The van der Waals surface area contributed by atoms with E-state index in [4.69, 9.17) is 4.98 Å². The van der Waals surface area contributed by atoms with Gasteiger partial charge in [-0.15, -0.1) is 0 Å². The Kier molecular flexibility index (Phi) is 5.79. The van der Waals surface area contributed by atoms with E-state index in [0.717, 1.165) is 67.7 Å². The van der Waals surface area contributed by atoms with Crippen LogP contribution in [0.2, 0.25) is 0 Å². The molecule has 1 atom stereocenters. The van der Waals surface area contributed by atoms with Gasteiger partial charge in [0, 0.05) is 26.2 Å². The van der Waals surface area contributed by atoms with E-state index in [-0.39, 0.29) is 18.0 Å². The molecule has 3 amide bonds. The summed E-state index contributed by atoms with van der Waals surface area (Å²) in [6.07, 6.45) is 3.88. The average Bonchev–Trinajstić information content (AvgIpc) is 3.58. The number of carbonyl (C=O) groups is 2. The van der Waals surface area contributed by atoms with E-state index in [0.29, 0.717) is 17.8 Å². The van der Waals surface area contributed by atoms with Crippen LogP contribution in [0, 0.1) is 6.92 Å². The molecule has 1 aromatic heterocycles. The molecule has 2 aliphatic heterocycles. The Balaban J connectivity index is 1.43. The molecule has 0 bridgehead atoms. The molecule has 7 heteroatoms. The third-order valence-corrected chi connectivity index (χ3v) is 6.94. The van der Waals surface area contributed by atoms with Crippen LogP contribution in [0.3, 0.4) is 0 Å². The highest BCUT2D eigenvalue weighted by Crippen LogP contribution is 2.34. The number of aryl methyl sites for hydroxylation is 2. The number of hydrogen-bond donors (Lipinski definition) is 1. The predicted molar refractivity (Wildman–Crippen MR) is 129 cm³/mol. The van der Waals surface area contributed by atoms with E-state index in [2.05, 4.69) is 22.9 Å². The minimum absolute atomic E-state index is 0.00255. The maximum Gasteiger partial charge on any atom is 0.322 e. The second-order valence-electron chi connectivity index (χ2n) is 8.98. The lowest BCUT2D eigenvalue weighted by Gasteiger charge is -2.26. The van der Waals surface area contributed by atoms with Crippen molar-refractivity contribution in [2.24, 2.45) is 0 Å². The molecule has 3 aromatic rings. The smallest absolute Gasteiger partial charge is 0.322 e. The monoisotopic (exact) mass is 445 g/mol. The molecule has 3 heterocycles. The maximum absolute atomic E-state index is 13.5. The number of urea groups is 1. The number of amides is 3. The molecule has 0 radical (unpaired) electrons. The fourth-order valence-electron chi connectivity index (χ4n) is 5.24. The second kappa shape index (κ2) is 8.89. The van der Waals surface area contributed by atoms with Crippen molar-refractivity contribution >= 4 is 28.7 Å². The van der Waals surface area contributed by atoms with Crippen molar-refractivity contribution in [1.29, 1.82) is 0 Å². The lowest BCUT2D eigenvalue weighted by atomic mass is 10.1. The van der Waals surface area contributed by atoms with Crippen molar-refractivity contribution in [3.63, 3.8) is 0 Å². The Morgan fingerprint density at radius 2 is 1.82 bits per heavy atom. The van der Waals surface area contributed by atoms with Gasteiger partial charge in [0.15, 0.2) is 0 Å². The van der Waals surface area contributed by atoms with Gasteiger partial charge in [-0.3, -0.25) is 4.79 Å². The fraction of sp³-hybridized carbons (Fsp3) is 0.423. The van der Waals surface area contributed by atoms with Crippen LogP contribution in [0.15, 0.2) is 42.5 Å². The molecule has 2 saturated heterocycles. The first kappa shape index (κ1) is 21.5. The molecule has 1 N–H and O–H groups in total. The van der Waals surface area contributed by atoms with Gasteiger partial charge in [0.1, 0.15) is 5.82 Å². The van der Waals surface area contributed by atoms with Crippen molar-refractivity contribution < 1.29 is 9.59 Å². The standard InChI is InChI=1S/C26H31N5O2/c1-3-30-21-13-5-4-12-20(21)27-24(30)22-14-9-17-31(22)26(33)28-23-18(2)10-8-11-19(23)25(32)29-15-6-7-16-29/h4-5,8,10-13,22H,3,6-7,9,14-17H2,1-2H3,(H,28,33). The summed E-state index contributed by atoms with van der Waals surface area (Å²) < 4.78 is 2.21. The van der Waals surface area contributed by atoms with E-state index >= 15 is 0 Å². The van der Waals surface area contributed by atoms with E-state index in [9.17, 15) is 9.59 Å². The summed E-state index contributed by atoms with van der Waals surface area (Å²) in [4.78, 5) is 35.3. The first-order chi connectivity index (χ1) is 16.1. The van der Waals surface area contributed by atoms with Crippen LogP contribution < -0.4 is 5.32 Å². The van der Waals surface area contributed by atoms with Crippen LogP contribution in [0.1, 0.15) is 60.4 Å². The number of benzene rings is 2. The zero-order chi connectivity index (χ0) is 22.9. The number of aromatic nitrogens is 2. The van der Waals surface area contributed by atoms with Gasteiger partial charge in [0.25, 0.3) is 5.91 Å². The summed E-state index contributed by atoms with van der Waals surface area (Å²) in [6, 6.07) is 13.5. The Morgan fingerprint density at radius 3 is 2.61 bits per heavy atom.